The van der Waals surface area contributed by atoms with Gasteiger partial charge in [0.2, 0.25) is 5.12 Å². The van der Waals surface area contributed by atoms with Crippen molar-refractivity contribution < 1.29 is 13.9 Å². The molecule has 0 fully saturated rings. The lowest BCUT2D eigenvalue weighted by Crippen LogP contribution is -1.92. The van der Waals surface area contributed by atoms with Crippen LogP contribution >= 0.6 is 27.7 Å². The van der Waals surface area contributed by atoms with Crippen molar-refractivity contribution in [1.29, 1.82) is 0 Å². The highest BCUT2D eigenvalue weighted by atomic mass is 79.9. The monoisotopic (exact) mass is 390 g/mol. The standard InChI is InChI=1S/C16H11BrN2O3S/c1-21-13-5-3-2-4-12(13)14-18-19-16(22-14)23-15(20)10-6-8-11(17)9-7-10/h2-9H,1H3. The lowest BCUT2D eigenvalue weighted by molar-refractivity contribution is 0.108. The zero-order chi connectivity index (χ0) is 16.2. The number of benzene rings is 2. The molecule has 0 N–H and O–H groups in total. The van der Waals surface area contributed by atoms with Gasteiger partial charge in [-0.3, -0.25) is 4.79 Å². The fourth-order valence-corrected chi connectivity index (χ4v) is 2.78. The minimum atomic E-state index is -0.160. The van der Waals surface area contributed by atoms with Crippen LogP contribution in [0.1, 0.15) is 10.4 Å². The van der Waals surface area contributed by atoms with E-state index < -0.39 is 0 Å². The van der Waals surface area contributed by atoms with Gasteiger partial charge in [-0.1, -0.05) is 28.1 Å². The van der Waals surface area contributed by atoms with Crippen LogP contribution in [0.2, 0.25) is 0 Å². The second kappa shape index (κ2) is 6.97. The average molecular weight is 391 g/mol. The molecule has 1 aromatic heterocycles. The summed E-state index contributed by atoms with van der Waals surface area (Å²) in [5.41, 5.74) is 1.25. The van der Waals surface area contributed by atoms with Crippen LogP contribution in [0.15, 0.2) is 62.6 Å². The predicted molar refractivity (Wildman–Crippen MR) is 90.6 cm³/mol. The highest BCUT2D eigenvalue weighted by Gasteiger charge is 2.16. The summed E-state index contributed by atoms with van der Waals surface area (Å²) < 4.78 is 11.7. The molecular formula is C16H11BrN2O3S. The topological polar surface area (TPSA) is 65.2 Å². The molecule has 0 unspecified atom stereocenters. The van der Waals surface area contributed by atoms with E-state index in [4.69, 9.17) is 9.15 Å². The van der Waals surface area contributed by atoms with Gasteiger partial charge in [0.25, 0.3) is 11.1 Å². The Balaban J connectivity index is 1.79. The Bertz CT molecular complexity index is 833. The molecule has 0 aliphatic heterocycles. The maximum atomic E-state index is 12.2. The van der Waals surface area contributed by atoms with Crippen molar-refractivity contribution in [1.82, 2.24) is 10.2 Å². The molecule has 5 nitrogen and oxygen atoms in total. The first kappa shape index (κ1) is 15.8. The third kappa shape index (κ3) is 3.62. The third-order valence-electron chi connectivity index (χ3n) is 3.00. The van der Waals surface area contributed by atoms with E-state index in [0.29, 0.717) is 22.8 Å². The summed E-state index contributed by atoms with van der Waals surface area (Å²) in [6.45, 7) is 0. The van der Waals surface area contributed by atoms with Gasteiger partial charge in [0.15, 0.2) is 0 Å². The van der Waals surface area contributed by atoms with Crippen molar-refractivity contribution in [2.75, 3.05) is 7.11 Å². The van der Waals surface area contributed by atoms with Crippen LogP contribution in [0.25, 0.3) is 11.5 Å². The van der Waals surface area contributed by atoms with Gasteiger partial charge in [0.1, 0.15) is 5.75 Å². The number of thioether (sulfide) groups is 1. The molecule has 1 heterocycles. The van der Waals surface area contributed by atoms with Gasteiger partial charge in [0.05, 0.1) is 12.7 Å². The van der Waals surface area contributed by atoms with Crippen LogP contribution in [0.5, 0.6) is 5.75 Å². The fraction of sp³-hybridized carbons (Fsp3) is 0.0625. The summed E-state index contributed by atoms with van der Waals surface area (Å²) in [5, 5.41) is 7.92. The van der Waals surface area contributed by atoms with Gasteiger partial charge < -0.3 is 9.15 Å². The Hall–Kier alpha value is -2.12. The number of carbonyl (C=O) groups is 1. The summed E-state index contributed by atoms with van der Waals surface area (Å²) in [4.78, 5) is 12.2. The maximum absolute atomic E-state index is 12.2. The van der Waals surface area contributed by atoms with Crippen molar-refractivity contribution in [3.05, 3.63) is 58.6 Å². The molecule has 0 amide bonds. The number of nitrogens with zero attached hydrogens (tertiary/aromatic N) is 2. The van der Waals surface area contributed by atoms with Gasteiger partial charge in [-0.15, -0.1) is 10.2 Å². The summed E-state index contributed by atoms with van der Waals surface area (Å²) in [7, 11) is 1.57. The predicted octanol–water partition coefficient (Wildman–Crippen LogP) is 4.44. The highest BCUT2D eigenvalue weighted by Crippen LogP contribution is 2.31. The quantitative estimate of drug-likeness (QED) is 0.613. The van der Waals surface area contributed by atoms with Crippen LogP contribution in [0, 0.1) is 0 Å². The van der Waals surface area contributed by atoms with Crippen LogP contribution in [0.4, 0.5) is 0 Å². The van der Waals surface area contributed by atoms with Gasteiger partial charge >= 0.3 is 0 Å². The van der Waals surface area contributed by atoms with E-state index in [1.165, 1.54) is 0 Å². The molecule has 0 saturated heterocycles. The number of halogens is 1. The first-order valence-corrected chi connectivity index (χ1v) is 8.23. The molecule has 0 atom stereocenters. The number of hydrogen-bond acceptors (Lipinski definition) is 6. The summed E-state index contributed by atoms with van der Waals surface area (Å²) in [5.74, 6) is 0.945. The zero-order valence-corrected chi connectivity index (χ0v) is 14.4. The molecule has 3 aromatic rings. The number of aromatic nitrogens is 2. The van der Waals surface area contributed by atoms with E-state index in [2.05, 4.69) is 26.1 Å². The highest BCUT2D eigenvalue weighted by molar-refractivity contribution is 9.10. The maximum Gasteiger partial charge on any atom is 0.284 e. The van der Waals surface area contributed by atoms with Crippen molar-refractivity contribution >= 4 is 32.8 Å². The lowest BCUT2D eigenvalue weighted by Gasteiger charge is -2.03. The SMILES string of the molecule is COc1ccccc1-c1nnc(SC(=O)c2ccc(Br)cc2)o1. The summed E-state index contributed by atoms with van der Waals surface area (Å²) in [6.07, 6.45) is 0. The fourth-order valence-electron chi connectivity index (χ4n) is 1.91. The summed E-state index contributed by atoms with van der Waals surface area (Å²) in [6, 6.07) is 14.4. The molecule has 2 aromatic carbocycles. The molecule has 116 valence electrons. The molecule has 0 radical (unpaired) electrons. The lowest BCUT2D eigenvalue weighted by atomic mass is 10.2. The second-order valence-electron chi connectivity index (χ2n) is 4.47. The van der Waals surface area contributed by atoms with Crippen LogP contribution < -0.4 is 4.74 Å². The van der Waals surface area contributed by atoms with Crippen LogP contribution in [-0.4, -0.2) is 22.4 Å². The van der Waals surface area contributed by atoms with E-state index in [0.717, 1.165) is 16.2 Å². The van der Waals surface area contributed by atoms with E-state index >= 15 is 0 Å². The largest absolute Gasteiger partial charge is 0.496 e. The van der Waals surface area contributed by atoms with E-state index in [-0.39, 0.29) is 10.3 Å². The molecular weight excluding hydrogens is 380 g/mol. The average Bonchev–Trinajstić information content (AvgIpc) is 3.03. The first-order valence-electron chi connectivity index (χ1n) is 6.62. The van der Waals surface area contributed by atoms with Gasteiger partial charge in [-0.05, 0) is 36.4 Å². The number of para-hydroxylation sites is 1. The van der Waals surface area contributed by atoms with Gasteiger partial charge in [0, 0.05) is 21.8 Å². The second-order valence-corrected chi connectivity index (χ2v) is 6.31. The molecule has 23 heavy (non-hydrogen) atoms. The number of carbonyl (C=O) groups excluding carboxylic acids is 1. The van der Waals surface area contributed by atoms with Gasteiger partial charge in [-0.25, -0.2) is 0 Å². The Kier molecular flexibility index (Phi) is 4.78. The third-order valence-corrected chi connectivity index (χ3v) is 4.29. The van der Waals surface area contributed by atoms with E-state index in [9.17, 15) is 4.79 Å². The molecule has 0 saturated carbocycles. The van der Waals surface area contributed by atoms with Crippen LogP contribution in [-0.2, 0) is 0 Å². The minimum absolute atomic E-state index is 0.160. The van der Waals surface area contributed by atoms with Gasteiger partial charge in [-0.2, -0.15) is 0 Å². The minimum Gasteiger partial charge on any atom is -0.496 e. The number of methoxy groups -OCH3 is 1. The number of ether oxygens (including phenoxy) is 1. The Morgan fingerprint density at radius 2 is 1.87 bits per heavy atom. The van der Waals surface area contributed by atoms with Crippen molar-refractivity contribution in [2.24, 2.45) is 0 Å². The zero-order valence-electron chi connectivity index (χ0n) is 12.0. The van der Waals surface area contributed by atoms with E-state index in [1.54, 1.807) is 25.3 Å². The van der Waals surface area contributed by atoms with E-state index in [1.807, 2.05) is 30.3 Å². The van der Waals surface area contributed by atoms with Crippen molar-refractivity contribution in [3.63, 3.8) is 0 Å². The Labute approximate surface area is 145 Å². The molecule has 0 bridgehead atoms. The molecule has 0 spiro atoms. The molecule has 0 aliphatic carbocycles. The van der Waals surface area contributed by atoms with Crippen molar-refractivity contribution in [2.45, 2.75) is 5.22 Å². The normalized spacial score (nSPS) is 10.5. The smallest absolute Gasteiger partial charge is 0.284 e. The first-order chi connectivity index (χ1) is 11.2. The Morgan fingerprint density at radius 3 is 2.61 bits per heavy atom. The number of hydrogen-bond donors (Lipinski definition) is 0. The molecule has 0 aliphatic rings. The molecule has 7 heteroatoms. The van der Waals surface area contributed by atoms with Crippen LogP contribution in [0.3, 0.4) is 0 Å². The summed E-state index contributed by atoms with van der Waals surface area (Å²) >= 11 is 4.23. The Morgan fingerprint density at radius 1 is 1.13 bits per heavy atom. The van der Waals surface area contributed by atoms with Crippen molar-refractivity contribution in [3.8, 4) is 17.2 Å². The number of rotatable bonds is 4. The molecule has 3 rings (SSSR count).